The van der Waals surface area contributed by atoms with Gasteiger partial charge in [0.2, 0.25) is 0 Å². The Hall–Kier alpha value is -1.71. The first-order chi connectivity index (χ1) is 8.95. The maximum Gasteiger partial charge on any atom is 0.340 e. The fourth-order valence-electron chi connectivity index (χ4n) is 2.78. The number of nitrogens with one attached hydrogen (secondary N) is 1. The molecule has 1 aromatic rings. The molecule has 1 aromatic carbocycles. The molecule has 4 heteroatoms. The molecule has 4 nitrogen and oxygen atoms in total. The van der Waals surface area contributed by atoms with Crippen LogP contribution in [0.5, 0.6) is 0 Å². The monoisotopic (exact) mass is 262 g/mol. The van der Waals surface area contributed by atoms with E-state index in [2.05, 4.69) is 19.2 Å². The van der Waals surface area contributed by atoms with Crippen molar-refractivity contribution in [2.24, 2.45) is 5.41 Å². The smallest absolute Gasteiger partial charge is 0.340 e. The van der Waals surface area contributed by atoms with E-state index < -0.39 is 0 Å². The molecule has 1 aliphatic rings. The quantitative estimate of drug-likeness (QED) is 0.649. The number of benzene rings is 1. The van der Waals surface area contributed by atoms with E-state index in [1.165, 1.54) is 20.0 Å². The Morgan fingerprint density at radius 2 is 2.21 bits per heavy atom. The normalized spacial score (nSPS) is 21.1. The Labute approximate surface area is 114 Å². The summed E-state index contributed by atoms with van der Waals surface area (Å²) in [6.45, 7) is 4.49. The minimum atomic E-state index is -0.356. The average Bonchev–Trinajstić information content (AvgIpc) is 2.70. The zero-order valence-electron chi connectivity index (χ0n) is 11.8. The van der Waals surface area contributed by atoms with Gasteiger partial charge in [-0.05, 0) is 30.4 Å². The van der Waals surface area contributed by atoms with Crippen LogP contribution in [0.3, 0.4) is 0 Å². The summed E-state index contributed by atoms with van der Waals surface area (Å²) in [5.41, 5.74) is 8.02. The summed E-state index contributed by atoms with van der Waals surface area (Å²) in [7, 11) is 1.38. The van der Waals surface area contributed by atoms with Gasteiger partial charge in [0.1, 0.15) is 0 Å². The number of rotatable bonds is 3. The van der Waals surface area contributed by atoms with E-state index in [4.69, 9.17) is 10.5 Å². The van der Waals surface area contributed by atoms with Gasteiger partial charge < -0.3 is 15.8 Å². The third-order valence-corrected chi connectivity index (χ3v) is 4.08. The third-order valence-electron chi connectivity index (χ3n) is 4.08. The van der Waals surface area contributed by atoms with Gasteiger partial charge in [-0.1, -0.05) is 26.3 Å². The van der Waals surface area contributed by atoms with E-state index in [-0.39, 0.29) is 11.4 Å². The molecule has 0 amide bonds. The number of carbonyl (C=O) groups excluding carboxylic acids is 1. The summed E-state index contributed by atoms with van der Waals surface area (Å²) in [6, 6.07) is 5.65. The Morgan fingerprint density at radius 3 is 2.79 bits per heavy atom. The molecule has 0 radical (unpaired) electrons. The van der Waals surface area contributed by atoms with Crippen molar-refractivity contribution in [2.75, 3.05) is 18.2 Å². The van der Waals surface area contributed by atoms with Crippen LogP contribution in [0.1, 0.15) is 43.5 Å². The number of anilines is 2. The molecule has 0 spiro atoms. The Morgan fingerprint density at radius 1 is 1.47 bits per heavy atom. The van der Waals surface area contributed by atoms with E-state index in [9.17, 15) is 4.79 Å². The first kappa shape index (κ1) is 13.7. The molecule has 1 atom stereocenters. The number of para-hydroxylation sites is 1. The van der Waals surface area contributed by atoms with E-state index in [0.717, 1.165) is 6.42 Å². The number of nitrogens with two attached hydrogens (primary N) is 1. The number of hydrogen-bond acceptors (Lipinski definition) is 4. The Balaban J connectivity index is 2.31. The summed E-state index contributed by atoms with van der Waals surface area (Å²) in [5.74, 6) is -0.356. The van der Waals surface area contributed by atoms with Gasteiger partial charge in [0.15, 0.2) is 0 Å². The summed E-state index contributed by atoms with van der Waals surface area (Å²) in [6.07, 6.45) is 3.48. The second kappa shape index (κ2) is 5.11. The van der Waals surface area contributed by atoms with Crippen LogP contribution in [-0.4, -0.2) is 19.1 Å². The lowest BCUT2D eigenvalue weighted by atomic mass is 9.87. The molecule has 2 rings (SSSR count). The van der Waals surface area contributed by atoms with Crippen LogP contribution in [0.25, 0.3) is 0 Å². The van der Waals surface area contributed by atoms with Crippen LogP contribution in [-0.2, 0) is 4.74 Å². The fraction of sp³-hybridized carbons (Fsp3) is 0.533. The summed E-state index contributed by atoms with van der Waals surface area (Å²) >= 11 is 0. The summed E-state index contributed by atoms with van der Waals surface area (Å²) in [4.78, 5) is 11.8. The van der Waals surface area contributed by atoms with Crippen molar-refractivity contribution >= 4 is 17.3 Å². The summed E-state index contributed by atoms with van der Waals surface area (Å²) in [5, 5.41) is 3.46. The fourth-order valence-corrected chi connectivity index (χ4v) is 2.78. The molecule has 1 aliphatic carbocycles. The van der Waals surface area contributed by atoms with Gasteiger partial charge in [-0.2, -0.15) is 0 Å². The lowest BCUT2D eigenvalue weighted by molar-refractivity contribution is 0.0601. The van der Waals surface area contributed by atoms with Gasteiger partial charge in [-0.15, -0.1) is 0 Å². The van der Waals surface area contributed by atoms with Crippen molar-refractivity contribution in [2.45, 2.75) is 39.2 Å². The molecule has 1 unspecified atom stereocenters. The Bertz CT molecular complexity index is 483. The second-order valence-electron chi connectivity index (χ2n) is 5.84. The topological polar surface area (TPSA) is 64.3 Å². The SMILES string of the molecule is COC(=O)c1cccc(N)c1NC1CCCC1(C)C. The molecule has 104 valence electrons. The van der Waals surface area contributed by atoms with E-state index >= 15 is 0 Å². The molecule has 19 heavy (non-hydrogen) atoms. The lowest BCUT2D eigenvalue weighted by Crippen LogP contribution is -2.31. The highest BCUT2D eigenvalue weighted by molar-refractivity contribution is 5.98. The highest BCUT2D eigenvalue weighted by atomic mass is 16.5. The predicted octanol–water partition coefficient (Wildman–Crippen LogP) is 3.05. The highest BCUT2D eigenvalue weighted by Crippen LogP contribution is 2.40. The first-order valence-electron chi connectivity index (χ1n) is 6.69. The van der Waals surface area contributed by atoms with Gasteiger partial charge in [0, 0.05) is 6.04 Å². The number of nitrogen functional groups attached to an aromatic ring is 1. The van der Waals surface area contributed by atoms with Crippen LogP contribution >= 0.6 is 0 Å². The first-order valence-corrected chi connectivity index (χ1v) is 6.69. The van der Waals surface area contributed by atoms with E-state index in [1.807, 2.05) is 0 Å². The third kappa shape index (κ3) is 2.67. The van der Waals surface area contributed by atoms with Crippen LogP contribution in [0.15, 0.2) is 18.2 Å². The van der Waals surface area contributed by atoms with Crippen LogP contribution in [0.4, 0.5) is 11.4 Å². The molecule has 0 aliphatic heterocycles. The van der Waals surface area contributed by atoms with Crippen LogP contribution < -0.4 is 11.1 Å². The van der Waals surface area contributed by atoms with Crippen molar-refractivity contribution in [3.63, 3.8) is 0 Å². The van der Waals surface area contributed by atoms with E-state index in [0.29, 0.717) is 23.0 Å². The number of carbonyl (C=O) groups is 1. The average molecular weight is 262 g/mol. The standard InChI is InChI=1S/C15H22N2O2/c1-15(2)9-5-8-12(15)17-13-10(14(18)19-3)6-4-7-11(13)16/h4,6-7,12,17H,5,8-9,16H2,1-3H3. The van der Waals surface area contributed by atoms with Gasteiger partial charge >= 0.3 is 5.97 Å². The Kier molecular flexibility index (Phi) is 3.69. The second-order valence-corrected chi connectivity index (χ2v) is 5.84. The molecule has 0 bridgehead atoms. The predicted molar refractivity (Wildman–Crippen MR) is 77.2 cm³/mol. The molecule has 1 saturated carbocycles. The van der Waals surface area contributed by atoms with Crippen molar-refractivity contribution in [3.05, 3.63) is 23.8 Å². The maximum absolute atomic E-state index is 11.8. The number of esters is 1. The zero-order valence-corrected chi connectivity index (χ0v) is 11.8. The van der Waals surface area contributed by atoms with Crippen LogP contribution in [0, 0.1) is 5.41 Å². The van der Waals surface area contributed by atoms with Gasteiger partial charge in [-0.3, -0.25) is 0 Å². The van der Waals surface area contributed by atoms with E-state index in [1.54, 1.807) is 18.2 Å². The van der Waals surface area contributed by atoms with Gasteiger partial charge in [0.05, 0.1) is 24.0 Å². The highest BCUT2D eigenvalue weighted by Gasteiger charge is 2.35. The minimum Gasteiger partial charge on any atom is -0.465 e. The lowest BCUT2D eigenvalue weighted by Gasteiger charge is -2.29. The van der Waals surface area contributed by atoms with Crippen molar-refractivity contribution in [1.29, 1.82) is 0 Å². The molecular weight excluding hydrogens is 240 g/mol. The van der Waals surface area contributed by atoms with Crippen molar-refractivity contribution in [1.82, 2.24) is 0 Å². The van der Waals surface area contributed by atoms with Gasteiger partial charge in [-0.25, -0.2) is 4.79 Å². The number of methoxy groups -OCH3 is 1. The molecular formula is C15H22N2O2. The molecule has 0 heterocycles. The van der Waals surface area contributed by atoms with Gasteiger partial charge in [0.25, 0.3) is 0 Å². The molecule has 3 N–H and O–H groups in total. The zero-order chi connectivity index (χ0) is 14.0. The molecule has 1 fully saturated rings. The maximum atomic E-state index is 11.8. The number of ether oxygens (including phenoxy) is 1. The molecule has 0 aromatic heterocycles. The van der Waals surface area contributed by atoms with Crippen molar-refractivity contribution in [3.8, 4) is 0 Å². The number of hydrogen-bond donors (Lipinski definition) is 2. The van der Waals surface area contributed by atoms with Crippen LogP contribution in [0.2, 0.25) is 0 Å². The molecule has 0 saturated heterocycles. The summed E-state index contributed by atoms with van der Waals surface area (Å²) < 4.78 is 4.81. The minimum absolute atomic E-state index is 0.218. The largest absolute Gasteiger partial charge is 0.465 e. The van der Waals surface area contributed by atoms with Crippen molar-refractivity contribution < 1.29 is 9.53 Å².